The number of carbonyl (C=O) groups is 3. The molecule has 1 heterocycles. The van der Waals surface area contributed by atoms with Gasteiger partial charge in [0.05, 0.1) is 29.1 Å². The average Bonchev–Trinajstić information content (AvgIpc) is 2.64. The van der Waals surface area contributed by atoms with Crippen molar-refractivity contribution < 1.29 is 28.8 Å². The number of dihydropyridines is 1. The second-order valence-corrected chi connectivity index (χ2v) is 6.22. The van der Waals surface area contributed by atoms with Gasteiger partial charge < -0.3 is 14.8 Å². The summed E-state index contributed by atoms with van der Waals surface area (Å²) in [5, 5.41) is 14.5. The molecular weight excluding hydrogens is 368 g/mol. The number of esters is 2. The molecule has 0 unspecified atom stereocenters. The Balaban J connectivity index is 2.71. The fourth-order valence-corrected chi connectivity index (χ4v) is 3.10. The second kappa shape index (κ2) is 8.47. The Morgan fingerprint density at radius 2 is 1.68 bits per heavy atom. The normalized spacial score (nSPS) is 16.4. The van der Waals surface area contributed by atoms with Crippen molar-refractivity contribution in [1.29, 1.82) is 0 Å². The van der Waals surface area contributed by atoms with E-state index in [2.05, 4.69) is 5.32 Å². The van der Waals surface area contributed by atoms with Crippen LogP contribution in [0.4, 0.5) is 5.69 Å². The number of nitrogens with one attached hydrogen (secondary N) is 1. The minimum absolute atomic E-state index is 0.00144. The second-order valence-electron chi connectivity index (χ2n) is 6.22. The van der Waals surface area contributed by atoms with Crippen LogP contribution in [0.2, 0.25) is 0 Å². The topological polar surface area (TPSA) is 125 Å². The van der Waals surface area contributed by atoms with E-state index in [-0.39, 0.29) is 28.2 Å². The molecule has 148 valence electrons. The molecule has 0 bridgehead atoms. The summed E-state index contributed by atoms with van der Waals surface area (Å²) < 4.78 is 9.87. The van der Waals surface area contributed by atoms with Gasteiger partial charge in [0.1, 0.15) is 6.61 Å². The first kappa shape index (κ1) is 20.8. The standard InChI is InChI=1S/C19H20N2O7/c1-10(22)9-28-19(24)16-12(3)20-11(2)15(18(23)27-4)17(16)13-7-5-6-8-14(13)21(25)26/h5-8,17,20H,9H2,1-4H3/t17-/m0/s1. The molecule has 1 N–H and O–H groups in total. The van der Waals surface area contributed by atoms with Gasteiger partial charge in [0, 0.05) is 23.0 Å². The van der Waals surface area contributed by atoms with Crippen LogP contribution in [0.1, 0.15) is 32.3 Å². The van der Waals surface area contributed by atoms with E-state index in [0.29, 0.717) is 11.4 Å². The van der Waals surface area contributed by atoms with E-state index in [4.69, 9.17) is 9.47 Å². The van der Waals surface area contributed by atoms with Gasteiger partial charge >= 0.3 is 11.9 Å². The van der Waals surface area contributed by atoms with Gasteiger partial charge in [-0.05, 0) is 20.8 Å². The molecular formula is C19H20N2O7. The molecule has 1 aliphatic heterocycles. The van der Waals surface area contributed by atoms with Crippen LogP contribution < -0.4 is 5.32 Å². The highest BCUT2D eigenvalue weighted by atomic mass is 16.6. The van der Waals surface area contributed by atoms with Crippen LogP contribution in [0.3, 0.4) is 0 Å². The summed E-state index contributed by atoms with van der Waals surface area (Å²) in [6.45, 7) is 4.01. The van der Waals surface area contributed by atoms with Crippen molar-refractivity contribution in [1.82, 2.24) is 5.32 Å². The van der Waals surface area contributed by atoms with Gasteiger partial charge in [-0.2, -0.15) is 0 Å². The lowest BCUT2D eigenvalue weighted by Gasteiger charge is -2.30. The number of rotatable bonds is 6. The maximum Gasteiger partial charge on any atom is 0.337 e. The monoisotopic (exact) mass is 388 g/mol. The zero-order chi connectivity index (χ0) is 21.0. The maximum atomic E-state index is 12.7. The van der Waals surface area contributed by atoms with Crippen LogP contribution in [-0.2, 0) is 23.9 Å². The molecule has 9 heteroatoms. The van der Waals surface area contributed by atoms with Crippen LogP contribution in [0.15, 0.2) is 46.8 Å². The molecule has 0 amide bonds. The highest BCUT2D eigenvalue weighted by Gasteiger charge is 2.40. The Morgan fingerprint density at radius 1 is 1.11 bits per heavy atom. The number of carbonyl (C=O) groups excluding carboxylic acids is 3. The summed E-state index contributed by atoms with van der Waals surface area (Å²) >= 11 is 0. The van der Waals surface area contributed by atoms with Crippen molar-refractivity contribution in [2.75, 3.05) is 13.7 Å². The fourth-order valence-electron chi connectivity index (χ4n) is 3.10. The first-order chi connectivity index (χ1) is 13.2. The van der Waals surface area contributed by atoms with Crippen molar-refractivity contribution in [2.24, 2.45) is 0 Å². The van der Waals surface area contributed by atoms with Gasteiger partial charge in [-0.3, -0.25) is 14.9 Å². The number of hydrogen-bond donors (Lipinski definition) is 1. The third-order valence-corrected chi connectivity index (χ3v) is 4.24. The van der Waals surface area contributed by atoms with Crippen LogP contribution in [-0.4, -0.2) is 36.4 Å². The number of hydrogen-bond acceptors (Lipinski definition) is 8. The van der Waals surface area contributed by atoms with E-state index in [1.807, 2.05) is 0 Å². The van der Waals surface area contributed by atoms with Gasteiger partial charge in [-0.1, -0.05) is 18.2 Å². The molecule has 2 rings (SSSR count). The van der Waals surface area contributed by atoms with Crippen molar-refractivity contribution in [3.8, 4) is 0 Å². The minimum Gasteiger partial charge on any atom is -0.466 e. The minimum atomic E-state index is -1.09. The van der Waals surface area contributed by atoms with Gasteiger partial charge in [0.25, 0.3) is 5.69 Å². The fraction of sp³-hybridized carbons (Fsp3) is 0.316. The number of nitro groups is 1. The molecule has 1 aromatic carbocycles. The summed E-state index contributed by atoms with van der Waals surface area (Å²) in [4.78, 5) is 47.3. The molecule has 0 spiro atoms. The zero-order valence-corrected chi connectivity index (χ0v) is 15.9. The molecule has 28 heavy (non-hydrogen) atoms. The molecule has 1 aliphatic rings. The van der Waals surface area contributed by atoms with Gasteiger partial charge in [0.2, 0.25) is 0 Å². The Labute approximate surface area is 161 Å². The third-order valence-electron chi connectivity index (χ3n) is 4.24. The molecule has 9 nitrogen and oxygen atoms in total. The molecule has 1 atom stereocenters. The Hall–Kier alpha value is -3.49. The van der Waals surface area contributed by atoms with Crippen LogP contribution in [0, 0.1) is 10.1 Å². The smallest absolute Gasteiger partial charge is 0.337 e. The molecule has 0 fully saturated rings. The average molecular weight is 388 g/mol. The highest BCUT2D eigenvalue weighted by molar-refractivity contribution is 6.00. The summed E-state index contributed by atoms with van der Waals surface area (Å²) in [7, 11) is 1.18. The van der Waals surface area contributed by atoms with E-state index < -0.39 is 29.4 Å². The van der Waals surface area contributed by atoms with E-state index in [1.165, 1.54) is 32.2 Å². The van der Waals surface area contributed by atoms with Crippen molar-refractivity contribution in [3.05, 3.63) is 62.5 Å². The highest BCUT2D eigenvalue weighted by Crippen LogP contribution is 2.42. The molecule has 0 saturated carbocycles. The van der Waals surface area contributed by atoms with Crippen LogP contribution >= 0.6 is 0 Å². The first-order valence-corrected chi connectivity index (χ1v) is 8.35. The van der Waals surface area contributed by atoms with Gasteiger partial charge in [-0.25, -0.2) is 9.59 Å². The zero-order valence-electron chi connectivity index (χ0n) is 15.9. The van der Waals surface area contributed by atoms with Crippen LogP contribution in [0.5, 0.6) is 0 Å². The van der Waals surface area contributed by atoms with E-state index in [0.717, 1.165) is 0 Å². The number of para-hydroxylation sites is 1. The number of methoxy groups -OCH3 is 1. The molecule has 0 saturated heterocycles. The number of ether oxygens (including phenoxy) is 2. The maximum absolute atomic E-state index is 12.7. The summed E-state index contributed by atoms with van der Waals surface area (Å²) in [5.74, 6) is -3.04. The number of allylic oxidation sites excluding steroid dienone is 2. The van der Waals surface area contributed by atoms with Crippen LogP contribution in [0.25, 0.3) is 0 Å². The summed E-state index contributed by atoms with van der Waals surface area (Å²) in [5.41, 5.74) is 0.701. The Morgan fingerprint density at radius 3 is 2.21 bits per heavy atom. The number of nitrogens with zero attached hydrogens (tertiary/aromatic N) is 1. The molecule has 1 aromatic rings. The SMILES string of the molecule is COC(=O)C1=C(C)NC(C)=C(C(=O)OCC(C)=O)[C@H]1c1ccccc1[N+](=O)[O-]. The van der Waals surface area contributed by atoms with Crippen molar-refractivity contribution in [3.63, 3.8) is 0 Å². The number of nitro benzene ring substituents is 1. The number of ketones is 1. The quantitative estimate of drug-likeness (QED) is 0.446. The molecule has 0 aliphatic carbocycles. The number of Topliss-reactive ketones (excluding diaryl/α,β-unsaturated/α-hetero) is 1. The lowest BCUT2D eigenvalue weighted by molar-refractivity contribution is -0.385. The number of benzene rings is 1. The Bertz CT molecular complexity index is 915. The van der Waals surface area contributed by atoms with Gasteiger partial charge in [0.15, 0.2) is 5.78 Å². The lowest BCUT2D eigenvalue weighted by Crippen LogP contribution is -2.33. The summed E-state index contributed by atoms with van der Waals surface area (Å²) in [6.07, 6.45) is 0. The molecule has 0 aromatic heterocycles. The largest absolute Gasteiger partial charge is 0.466 e. The van der Waals surface area contributed by atoms with E-state index in [1.54, 1.807) is 19.9 Å². The third kappa shape index (κ3) is 4.08. The van der Waals surface area contributed by atoms with E-state index in [9.17, 15) is 24.5 Å². The molecule has 0 radical (unpaired) electrons. The predicted octanol–water partition coefficient (Wildman–Crippen LogP) is 2.13. The Kier molecular flexibility index (Phi) is 6.29. The first-order valence-electron chi connectivity index (χ1n) is 8.35. The van der Waals surface area contributed by atoms with E-state index >= 15 is 0 Å². The van der Waals surface area contributed by atoms with Gasteiger partial charge in [-0.15, -0.1) is 0 Å². The lowest BCUT2D eigenvalue weighted by atomic mass is 9.79. The predicted molar refractivity (Wildman–Crippen MR) is 98.0 cm³/mol. The van der Waals surface area contributed by atoms with Crippen molar-refractivity contribution in [2.45, 2.75) is 26.7 Å². The summed E-state index contributed by atoms with van der Waals surface area (Å²) in [6, 6.07) is 5.81. The van der Waals surface area contributed by atoms with Crippen molar-refractivity contribution >= 4 is 23.4 Å².